The van der Waals surface area contributed by atoms with Crippen molar-refractivity contribution in [2.24, 2.45) is 0 Å². The largest absolute Gasteiger partial charge is 0.230 e. The highest BCUT2D eigenvalue weighted by molar-refractivity contribution is 7.16. The number of fused-ring (bicyclic) bond motifs is 3. The van der Waals surface area contributed by atoms with Gasteiger partial charge in [-0.2, -0.15) is 0 Å². The van der Waals surface area contributed by atoms with E-state index in [1.165, 1.54) is 70.1 Å². The maximum Gasteiger partial charge on any atom is 0.230 e. The molecule has 0 bridgehead atoms. The lowest BCUT2D eigenvalue weighted by Gasteiger charge is -2.29. The highest BCUT2D eigenvalue weighted by Gasteiger charge is 2.38. The van der Waals surface area contributed by atoms with E-state index in [9.17, 15) is 0 Å². The summed E-state index contributed by atoms with van der Waals surface area (Å²) < 4.78 is 0. The molecule has 0 unspecified atom stereocenters. The summed E-state index contributed by atoms with van der Waals surface area (Å²) in [5.41, 5.74) is 10.1. The number of rotatable bonds is 5. The lowest BCUT2D eigenvalue weighted by atomic mass is 9.88. The lowest BCUT2D eigenvalue weighted by molar-refractivity contribution is 1.63. The van der Waals surface area contributed by atoms with E-state index in [0.717, 1.165) is 5.56 Å². The maximum absolute atomic E-state index is 4.13. The third-order valence-electron chi connectivity index (χ3n) is 10.2. The molecule has 0 aliphatic heterocycles. The van der Waals surface area contributed by atoms with E-state index < -0.39 is 8.07 Å². The quantitative estimate of drug-likeness (QED) is 0.0745. The molecule has 238 valence electrons. The van der Waals surface area contributed by atoms with Crippen molar-refractivity contribution in [2.75, 3.05) is 0 Å². The number of hydrogen-bond donors (Lipinski definition) is 0. The van der Waals surface area contributed by atoms with E-state index in [-0.39, 0.29) is 0 Å². The van der Waals surface area contributed by atoms with Crippen LogP contribution in [-0.2, 0) is 0 Å². The Balaban J connectivity index is 1.35. The van der Waals surface area contributed by atoms with Crippen molar-refractivity contribution in [1.29, 1.82) is 0 Å². The summed E-state index contributed by atoms with van der Waals surface area (Å²) in [6.07, 6.45) is 0. The van der Waals surface area contributed by atoms with Crippen LogP contribution in [0.3, 0.4) is 0 Å². The lowest BCUT2D eigenvalue weighted by Crippen LogP contribution is -2.66. The zero-order valence-corrected chi connectivity index (χ0v) is 29.1. The first-order valence-corrected chi connectivity index (χ1v) is 19.5. The van der Waals surface area contributed by atoms with Gasteiger partial charge in [0.05, 0.1) is 0 Å². The first-order chi connectivity index (χ1) is 25.3. The fourth-order valence-corrected chi connectivity index (χ4v) is 11.6. The van der Waals surface area contributed by atoms with Crippen molar-refractivity contribution >= 4 is 56.0 Å². The summed E-state index contributed by atoms with van der Waals surface area (Å²) in [5, 5.41) is 11.1. The first-order valence-electron chi connectivity index (χ1n) is 17.5. The standard InChI is InChI=1S/C50H34Si/c1-4-17-37(18-5-1)40-21-16-26-44(36-40)51(42-22-6-2-7-23-42,43-24-8-3-9-25-43)34-33-47-45-27-12-14-29-48(45)50(49-30-15-13-28-46(47)49)41-32-31-38-19-10-11-20-39(38)35-41/h1-32,35-36H. The third-order valence-corrected chi connectivity index (χ3v) is 14.2. The van der Waals surface area contributed by atoms with Crippen LogP contribution in [-0.4, -0.2) is 8.07 Å². The Morgan fingerprint density at radius 1 is 0.314 bits per heavy atom. The predicted octanol–water partition coefficient (Wildman–Crippen LogP) is 10.5. The molecule has 0 N–H and O–H groups in total. The summed E-state index contributed by atoms with van der Waals surface area (Å²) in [7, 11) is -2.91. The molecule has 0 heterocycles. The van der Waals surface area contributed by atoms with Crippen LogP contribution in [0.5, 0.6) is 0 Å². The zero-order chi connectivity index (χ0) is 34.0. The van der Waals surface area contributed by atoms with Gasteiger partial charge in [-0.15, -0.1) is 5.54 Å². The van der Waals surface area contributed by atoms with Crippen molar-refractivity contribution in [3.05, 3.63) is 212 Å². The molecule has 1 heteroatoms. The molecule has 0 fully saturated rings. The average Bonchev–Trinajstić information content (AvgIpc) is 3.22. The zero-order valence-electron chi connectivity index (χ0n) is 28.1. The van der Waals surface area contributed by atoms with E-state index in [1.807, 2.05) is 0 Å². The fraction of sp³-hybridized carbons (Fsp3) is 0. The maximum atomic E-state index is 4.13. The first kappa shape index (κ1) is 30.6. The van der Waals surface area contributed by atoms with Crippen LogP contribution in [0.1, 0.15) is 5.56 Å². The minimum Gasteiger partial charge on any atom is -0.109 e. The van der Waals surface area contributed by atoms with Crippen molar-refractivity contribution in [1.82, 2.24) is 0 Å². The second-order valence-electron chi connectivity index (χ2n) is 13.1. The summed E-state index contributed by atoms with van der Waals surface area (Å²) in [6, 6.07) is 74.8. The highest BCUT2D eigenvalue weighted by atomic mass is 28.3. The number of hydrogen-bond acceptors (Lipinski definition) is 0. The van der Waals surface area contributed by atoms with Gasteiger partial charge in [0.25, 0.3) is 0 Å². The Hall–Kier alpha value is -6.46. The molecule has 0 atom stereocenters. The van der Waals surface area contributed by atoms with Crippen LogP contribution >= 0.6 is 0 Å². The topological polar surface area (TPSA) is 0 Å². The molecule has 0 amide bonds. The summed E-state index contributed by atoms with van der Waals surface area (Å²) in [6.45, 7) is 0. The van der Waals surface area contributed by atoms with Crippen LogP contribution in [0.25, 0.3) is 54.6 Å². The molecule has 0 nitrogen and oxygen atoms in total. The second kappa shape index (κ2) is 13.1. The Labute approximate surface area is 300 Å². The second-order valence-corrected chi connectivity index (χ2v) is 16.6. The van der Waals surface area contributed by atoms with Gasteiger partial charge in [0.1, 0.15) is 0 Å². The van der Waals surface area contributed by atoms with Gasteiger partial charge in [0.2, 0.25) is 8.07 Å². The smallest absolute Gasteiger partial charge is 0.109 e. The third kappa shape index (κ3) is 5.44. The van der Waals surface area contributed by atoms with Crippen LogP contribution < -0.4 is 15.6 Å². The Bertz CT molecular complexity index is 2640. The Kier molecular flexibility index (Phi) is 7.86. The summed E-state index contributed by atoms with van der Waals surface area (Å²) >= 11 is 0. The van der Waals surface area contributed by atoms with Crippen molar-refractivity contribution in [3.8, 4) is 33.7 Å². The minimum absolute atomic E-state index is 1.08. The van der Waals surface area contributed by atoms with Crippen molar-refractivity contribution in [2.45, 2.75) is 0 Å². The van der Waals surface area contributed by atoms with Gasteiger partial charge in [0.15, 0.2) is 0 Å². The molecule has 0 aromatic heterocycles. The molecule has 9 aromatic carbocycles. The molecular weight excluding hydrogens is 629 g/mol. The van der Waals surface area contributed by atoms with Gasteiger partial charge in [-0.3, -0.25) is 0 Å². The minimum atomic E-state index is -2.91. The van der Waals surface area contributed by atoms with Crippen molar-refractivity contribution in [3.63, 3.8) is 0 Å². The normalized spacial score (nSPS) is 11.4. The van der Waals surface area contributed by atoms with E-state index in [2.05, 4.69) is 218 Å². The van der Waals surface area contributed by atoms with Crippen LogP contribution in [0.15, 0.2) is 206 Å². The Morgan fingerprint density at radius 3 is 1.43 bits per heavy atom. The van der Waals surface area contributed by atoms with E-state index in [1.54, 1.807) is 0 Å². The van der Waals surface area contributed by atoms with E-state index in [0.29, 0.717) is 0 Å². The highest BCUT2D eigenvalue weighted by Crippen LogP contribution is 2.40. The van der Waals surface area contributed by atoms with Gasteiger partial charge < -0.3 is 0 Å². The van der Waals surface area contributed by atoms with Crippen molar-refractivity contribution < 1.29 is 0 Å². The molecular formula is C50H34Si. The fourth-order valence-electron chi connectivity index (χ4n) is 7.73. The van der Waals surface area contributed by atoms with Crippen LogP contribution in [0.4, 0.5) is 0 Å². The summed E-state index contributed by atoms with van der Waals surface area (Å²) in [4.78, 5) is 0. The average molecular weight is 663 g/mol. The molecule has 9 rings (SSSR count). The molecule has 0 saturated heterocycles. The SMILES string of the molecule is C(#C[Si](c1ccccc1)(c1ccccc1)c1cccc(-c2ccccc2)c1)c1c2ccccc2c(-c2ccc3ccccc3c2)c2ccccc12. The molecule has 0 radical (unpaired) electrons. The number of benzene rings is 9. The van der Waals surface area contributed by atoms with Crippen LogP contribution in [0, 0.1) is 11.5 Å². The van der Waals surface area contributed by atoms with Gasteiger partial charge in [-0.1, -0.05) is 206 Å². The van der Waals surface area contributed by atoms with Gasteiger partial charge in [-0.05, 0) is 76.2 Å². The van der Waals surface area contributed by atoms with E-state index in [4.69, 9.17) is 0 Å². The molecule has 0 aliphatic rings. The molecule has 0 spiro atoms. The monoisotopic (exact) mass is 662 g/mol. The Morgan fingerprint density at radius 2 is 0.804 bits per heavy atom. The predicted molar refractivity (Wildman–Crippen MR) is 221 cm³/mol. The molecule has 51 heavy (non-hydrogen) atoms. The van der Waals surface area contributed by atoms with Crippen LogP contribution in [0.2, 0.25) is 0 Å². The van der Waals surface area contributed by atoms with Gasteiger partial charge in [-0.25, -0.2) is 0 Å². The van der Waals surface area contributed by atoms with Gasteiger partial charge in [0, 0.05) is 5.56 Å². The van der Waals surface area contributed by atoms with E-state index >= 15 is 0 Å². The summed E-state index contributed by atoms with van der Waals surface area (Å²) in [5.74, 6) is 3.95. The molecule has 0 saturated carbocycles. The van der Waals surface area contributed by atoms with Gasteiger partial charge >= 0.3 is 0 Å². The molecule has 0 aliphatic carbocycles. The molecule has 9 aromatic rings.